The van der Waals surface area contributed by atoms with Crippen molar-refractivity contribution >= 4 is 23.2 Å². The van der Waals surface area contributed by atoms with E-state index in [0.29, 0.717) is 24.6 Å². The highest BCUT2D eigenvalue weighted by Crippen LogP contribution is 2.32. The van der Waals surface area contributed by atoms with Crippen molar-refractivity contribution in [2.75, 3.05) is 30.0 Å². The molecule has 2 aliphatic rings. The van der Waals surface area contributed by atoms with Gasteiger partial charge in [0.05, 0.1) is 0 Å². The molecular weight excluding hydrogens is 392 g/mol. The molecule has 0 spiro atoms. The van der Waals surface area contributed by atoms with Crippen LogP contribution in [-0.2, 0) is 26.2 Å². The monoisotopic (exact) mass is 422 g/mol. The van der Waals surface area contributed by atoms with Gasteiger partial charge in [0.25, 0.3) is 11.8 Å². The highest BCUT2D eigenvalue weighted by atomic mass is 16.5. The van der Waals surface area contributed by atoms with Gasteiger partial charge in [-0.2, -0.15) is 0 Å². The van der Waals surface area contributed by atoms with Gasteiger partial charge in [-0.25, -0.2) is 0 Å². The molecule has 6 heteroatoms. The second-order valence-electron chi connectivity index (χ2n) is 9.20. The molecule has 1 unspecified atom stereocenters. The first-order valence-corrected chi connectivity index (χ1v) is 10.9. The third-order valence-electron chi connectivity index (χ3n) is 5.83. The Morgan fingerprint density at radius 2 is 1.94 bits per heavy atom. The van der Waals surface area contributed by atoms with Crippen molar-refractivity contribution in [1.29, 1.82) is 0 Å². The molecule has 0 saturated carbocycles. The van der Waals surface area contributed by atoms with Gasteiger partial charge in [0.15, 0.2) is 6.61 Å². The van der Waals surface area contributed by atoms with E-state index in [9.17, 15) is 9.59 Å². The summed E-state index contributed by atoms with van der Waals surface area (Å²) >= 11 is 0. The van der Waals surface area contributed by atoms with Crippen molar-refractivity contribution in [2.24, 2.45) is 0 Å². The van der Waals surface area contributed by atoms with Crippen molar-refractivity contribution in [2.45, 2.75) is 51.6 Å². The molecule has 2 aliphatic heterocycles. The summed E-state index contributed by atoms with van der Waals surface area (Å²) < 4.78 is 11.2. The number of benzene rings is 2. The van der Waals surface area contributed by atoms with Gasteiger partial charge in [0.1, 0.15) is 11.9 Å². The number of rotatable bonds is 5. The average molecular weight is 423 g/mol. The first-order chi connectivity index (χ1) is 14.8. The van der Waals surface area contributed by atoms with E-state index in [0.717, 1.165) is 30.5 Å². The molecule has 0 aliphatic carbocycles. The summed E-state index contributed by atoms with van der Waals surface area (Å²) in [7, 11) is 0. The molecule has 31 heavy (non-hydrogen) atoms. The Balaban J connectivity index is 1.36. The summed E-state index contributed by atoms with van der Waals surface area (Å²) in [5.41, 5.74) is 3.91. The molecule has 0 bridgehead atoms. The molecule has 0 aromatic heterocycles. The zero-order valence-corrected chi connectivity index (χ0v) is 18.4. The highest BCUT2D eigenvalue weighted by molar-refractivity contribution is 6.00. The molecule has 2 heterocycles. The first kappa shape index (κ1) is 21.4. The largest absolute Gasteiger partial charge is 0.484 e. The van der Waals surface area contributed by atoms with E-state index in [1.165, 1.54) is 5.56 Å². The van der Waals surface area contributed by atoms with Crippen LogP contribution < -0.4 is 15.0 Å². The van der Waals surface area contributed by atoms with Crippen molar-refractivity contribution in [1.82, 2.24) is 0 Å². The van der Waals surface area contributed by atoms with Crippen molar-refractivity contribution in [3.63, 3.8) is 0 Å². The van der Waals surface area contributed by atoms with Gasteiger partial charge in [0.2, 0.25) is 0 Å². The molecule has 1 fully saturated rings. The normalized spacial score (nSPS) is 18.0. The predicted molar refractivity (Wildman–Crippen MR) is 121 cm³/mol. The van der Waals surface area contributed by atoms with E-state index < -0.39 is 0 Å². The number of ether oxygens (including phenoxy) is 2. The second kappa shape index (κ2) is 8.71. The number of nitrogens with zero attached hydrogens (tertiary/aromatic N) is 1. The third kappa shape index (κ3) is 4.90. The van der Waals surface area contributed by atoms with E-state index in [2.05, 4.69) is 26.1 Å². The van der Waals surface area contributed by atoms with Crippen LogP contribution >= 0.6 is 0 Å². The van der Waals surface area contributed by atoms with Gasteiger partial charge >= 0.3 is 0 Å². The smallest absolute Gasteiger partial charge is 0.262 e. The van der Waals surface area contributed by atoms with Crippen LogP contribution in [-0.4, -0.2) is 37.7 Å². The number of nitrogens with one attached hydrogen (secondary N) is 1. The van der Waals surface area contributed by atoms with Crippen molar-refractivity contribution in [3.05, 3.63) is 53.6 Å². The Morgan fingerprint density at radius 1 is 1.16 bits per heavy atom. The van der Waals surface area contributed by atoms with Crippen LogP contribution in [0.3, 0.4) is 0 Å². The van der Waals surface area contributed by atoms with Gasteiger partial charge in [0, 0.05) is 24.5 Å². The maximum Gasteiger partial charge on any atom is 0.262 e. The zero-order chi connectivity index (χ0) is 22.0. The maximum absolute atomic E-state index is 12.8. The molecule has 1 saturated heterocycles. The van der Waals surface area contributed by atoms with Crippen LogP contribution in [0.25, 0.3) is 0 Å². The SMILES string of the molecule is CC(C)(C)c1ccc(OCC(=O)Nc2ccc3c(c2)N(C(=O)C2CCCO2)CC3)cc1. The van der Waals surface area contributed by atoms with Crippen LogP contribution in [0.2, 0.25) is 0 Å². The average Bonchev–Trinajstić information content (AvgIpc) is 3.41. The van der Waals surface area contributed by atoms with Crippen LogP contribution in [0.4, 0.5) is 11.4 Å². The van der Waals surface area contributed by atoms with E-state index in [4.69, 9.17) is 9.47 Å². The summed E-state index contributed by atoms with van der Waals surface area (Å²) in [4.78, 5) is 27.0. The minimum absolute atomic E-state index is 0.0155. The molecule has 2 aromatic carbocycles. The molecular formula is C25H30N2O4. The quantitative estimate of drug-likeness (QED) is 0.789. The van der Waals surface area contributed by atoms with Gasteiger partial charge in [-0.3, -0.25) is 9.59 Å². The highest BCUT2D eigenvalue weighted by Gasteiger charge is 2.32. The lowest BCUT2D eigenvalue weighted by Crippen LogP contribution is -2.37. The lowest BCUT2D eigenvalue weighted by molar-refractivity contribution is -0.127. The number of anilines is 2. The van der Waals surface area contributed by atoms with Crippen molar-refractivity contribution in [3.8, 4) is 5.75 Å². The van der Waals surface area contributed by atoms with Crippen LogP contribution in [0, 0.1) is 0 Å². The second-order valence-corrected chi connectivity index (χ2v) is 9.20. The maximum atomic E-state index is 12.8. The van der Waals surface area contributed by atoms with E-state index in [1.807, 2.05) is 42.5 Å². The fourth-order valence-electron chi connectivity index (χ4n) is 4.03. The number of fused-ring (bicyclic) bond motifs is 1. The Labute approximate surface area is 183 Å². The molecule has 1 N–H and O–H groups in total. The summed E-state index contributed by atoms with van der Waals surface area (Å²) in [5.74, 6) is 0.432. The number of carbonyl (C=O) groups is 2. The number of hydrogen-bond acceptors (Lipinski definition) is 4. The lowest BCUT2D eigenvalue weighted by Gasteiger charge is -2.21. The van der Waals surface area contributed by atoms with Gasteiger partial charge in [-0.05, 0) is 60.1 Å². The van der Waals surface area contributed by atoms with Crippen LogP contribution in [0.1, 0.15) is 44.7 Å². The summed E-state index contributed by atoms with van der Waals surface area (Å²) in [6, 6.07) is 13.5. The minimum atomic E-state index is -0.345. The molecule has 1 atom stereocenters. The van der Waals surface area contributed by atoms with Gasteiger partial charge < -0.3 is 19.7 Å². The molecule has 4 rings (SSSR count). The summed E-state index contributed by atoms with van der Waals surface area (Å²) in [6.45, 7) is 7.68. The third-order valence-corrected chi connectivity index (χ3v) is 5.83. The Kier molecular flexibility index (Phi) is 6.01. The number of carbonyl (C=O) groups excluding carboxylic acids is 2. The topological polar surface area (TPSA) is 67.9 Å². The standard InChI is InChI=1S/C25H30N2O4/c1-25(2,3)18-7-10-20(11-8-18)31-16-23(28)26-19-9-6-17-12-13-27(21(17)15-19)24(29)22-5-4-14-30-22/h6-11,15,22H,4-5,12-14,16H2,1-3H3,(H,26,28). The molecule has 2 aromatic rings. The van der Waals surface area contributed by atoms with Crippen molar-refractivity contribution < 1.29 is 19.1 Å². The Morgan fingerprint density at radius 3 is 2.61 bits per heavy atom. The number of amides is 2. The van der Waals surface area contributed by atoms with Gasteiger partial charge in [-0.1, -0.05) is 39.0 Å². The molecule has 0 radical (unpaired) electrons. The Bertz CT molecular complexity index is 956. The summed E-state index contributed by atoms with van der Waals surface area (Å²) in [5, 5.41) is 2.87. The minimum Gasteiger partial charge on any atom is -0.484 e. The first-order valence-electron chi connectivity index (χ1n) is 10.9. The molecule has 6 nitrogen and oxygen atoms in total. The lowest BCUT2D eigenvalue weighted by atomic mass is 9.87. The van der Waals surface area contributed by atoms with E-state index in [-0.39, 0.29) is 29.9 Å². The fraction of sp³-hybridized carbons (Fsp3) is 0.440. The Hall–Kier alpha value is -2.86. The summed E-state index contributed by atoms with van der Waals surface area (Å²) in [6.07, 6.45) is 2.17. The molecule has 2 amide bonds. The van der Waals surface area contributed by atoms with Gasteiger partial charge in [-0.15, -0.1) is 0 Å². The van der Waals surface area contributed by atoms with E-state index in [1.54, 1.807) is 4.90 Å². The van der Waals surface area contributed by atoms with E-state index >= 15 is 0 Å². The zero-order valence-electron chi connectivity index (χ0n) is 18.4. The van der Waals surface area contributed by atoms with Crippen LogP contribution in [0.15, 0.2) is 42.5 Å². The predicted octanol–water partition coefficient (Wildman–Crippen LogP) is 4.07. The molecule has 164 valence electrons. The van der Waals surface area contributed by atoms with Crippen LogP contribution in [0.5, 0.6) is 5.75 Å². The fourth-order valence-corrected chi connectivity index (χ4v) is 4.03. The number of hydrogen-bond donors (Lipinski definition) is 1.